The average Bonchev–Trinajstić information content (AvgIpc) is 3.49. The summed E-state index contributed by atoms with van der Waals surface area (Å²) in [6.07, 6.45) is 29.2. The maximum absolute atomic E-state index is 6.09. The van der Waals surface area contributed by atoms with Gasteiger partial charge in [0.15, 0.2) is 0 Å². The molecule has 0 N–H and O–H groups in total. The normalized spacial score (nSPS) is 28.1. The van der Waals surface area contributed by atoms with E-state index in [9.17, 15) is 0 Å². The lowest BCUT2D eigenvalue weighted by Gasteiger charge is -2.43. The van der Waals surface area contributed by atoms with Gasteiger partial charge in [-0.2, -0.15) is 0 Å². The quantitative estimate of drug-likeness (QED) is 0.141. The second kappa shape index (κ2) is 13.9. The van der Waals surface area contributed by atoms with Crippen LogP contribution in [-0.4, -0.2) is 36.4 Å². The van der Waals surface area contributed by atoms with Crippen LogP contribution in [0.15, 0.2) is 69.5 Å². The van der Waals surface area contributed by atoms with E-state index in [1.807, 2.05) is 10.8 Å². The molecule has 250 valence electrons. The minimum atomic E-state index is -1.86. The molecule has 5 aliphatic carbocycles. The first-order valence-electron chi connectivity index (χ1n) is 18.9. The topological polar surface area (TPSA) is 9.23 Å². The Morgan fingerprint density at radius 1 is 0.867 bits per heavy atom. The summed E-state index contributed by atoms with van der Waals surface area (Å²) in [5.74, 6) is 2.49. The molecular weight excluding hydrogens is 593 g/mol. The molecule has 1 saturated carbocycles. The van der Waals surface area contributed by atoms with Crippen LogP contribution in [0.1, 0.15) is 85.0 Å². The van der Waals surface area contributed by atoms with Crippen LogP contribution in [-0.2, 0) is 4.74 Å². The molecule has 5 rings (SSSR count). The highest BCUT2D eigenvalue weighted by Crippen LogP contribution is 2.62. The van der Waals surface area contributed by atoms with Crippen molar-refractivity contribution in [2.75, 3.05) is 6.61 Å². The maximum Gasteiger partial charge on any atom is 0.0881 e. The van der Waals surface area contributed by atoms with E-state index in [2.05, 4.69) is 103 Å². The van der Waals surface area contributed by atoms with E-state index in [-0.39, 0.29) is 5.60 Å². The first-order chi connectivity index (χ1) is 21.1. The highest BCUT2D eigenvalue weighted by atomic mass is 28.3. The summed E-state index contributed by atoms with van der Waals surface area (Å²) in [4.78, 5) is 0. The first-order valence-corrected chi connectivity index (χ1v) is 29.1. The molecule has 0 aromatic carbocycles. The maximum atomic E-state index is 6.09. The van der Waals surface area contributed by atoms with Crippen molar-refractivity contribution in [3.8, 4) is 0 Å². The third-order valence-corrected chi connectivity index (χ3v) is 20.0. The average molecular weight is 661 g/mol. The van der Waals surface area contributed by atoms with Gasteiger partial charge in [0.2, 0.25) is 0 Å². The molecule has 0 aromatic rings. The Morgan fingerprint density at radius 2 is 1.60 bits per heavy atom. The van der Waals surface area contributed by atoms with Crippen LogP contribution in [0.3, 0.4) is 0 Å². The van der Waals surface area contributed by atoms with Crippen LogP contribution >= 0.6 is 0 Å². The van der Waals surface area contributed by atoms with Gasteiger partial charge in [0, 0.05) is 22.8 Å². The zero-order valence-corrected chi connectivity index (χ0v) is 34.1. The summed E-state index contributed by atoms with van der Waals surface area (Å²) in [7, 11) is -4.27. The second-order valence-corrected chi connectivity index (χ2v) is 34.7. The van der Waals surface area contributed by atoms with Crippen LogP contribution in [0.25, 0.3) is 0 Å². The lowest BCUT2D eigenvalue weighted by atomic mass is 9.74. The van der Waals surface area contributed by atoms with Gasteiger partial charge in [0.1, 0.15) is 0 Å². The molecule has 5 aliphatic rings. The highest BCUT2D eigenvalue weighted by molar-refractivity contribution is 6.88. The smallest absolute Gasteiger partial charge is 0.0881 e. The van der Waals surface area contributed by atoms with Gasteiger partial charge >= 0.3 is 0 Å². The third-order valence-electron chi connectivity index (χ3n) is 11.6. The van der Waals surface area contributed by atoms with Gasteiger partial charge in [-0.05, 0) is 117 Å². The van der Waals surface area contributed by atoms with Crippen molar-refractivity contribution in [2.24, 2.45) is 17.8 Å². The van der Waals surface area contributed by atoms with Gasteiger partial charge in [0.05, 0.1) is 13.7 Å². The van der Waals surface area contributed by atoms with Crippen molar-refractivity contribution in [1.82, 2.24) is 0 Å². The van der Waals surface area contributed by atoms with Crippen LogP contribution in [0, 0.1) is 17.8 Å². The Kier molecular flexibility index (Phi) is 10.9. The van der Waals surface area contributed by atoms with Gasteiger partial charge in [-0.15, -0.1) is 0 Å². The summed E-state index contributed by atoms with van der Waals surface area (Å²) >= 11 is 0. The number of hydrogen-bond donors (Lipinski definition) is 0. The zero-order valence-electron chi connectivity index (χ0n) is 31.1. The molecule has 0 aliphatic heterocycles. The fourth-order valence-electron chi connectivity index (χ4n) is 9.83. The molecule has 0 aromatic heterocycles. The van der Waals surface area contributed by atoms with Gasteiger partial charge in [-0.3, -0.25) is 0 Å². The van der Waals surface area contributed by atoms with Crippen molar-refractivity contribution in [3.05, 3.63) is 69.5 Å². The van der Waals surface area contributed by atoms with E-state index >= 15 is 0 Å². The largest absolute Gasteiger partial charge is 0.376 e. The first kappa shape index (κ1) is 35.4. The Morgan fingerprint density at radius 3 is 2.31 bits per heavy atom. The molecule has 0 amide bonds. The van der Waals surface area contributed by atoms with E-state index in [1.54, 1.807) is 22.3 Å². The molecule has 45 heavy (non-hydrogen) atoms. The molecule has 0 saturated heterocycles. The summed E-state index contributed by atoms with van der Waals surface area (Å²) in [6, 6.07) is 4.29. The predicted molar refractivity (Wildman–Crippen MR) is 207 cm³/mol. The molecule has 1 fully saturated rings. The molecule has 4 heteroatoms. The minimum absolute atomic E-state index is 0.0203. The Balaban J connectivity index is 1.49. The van der Waals surface area contributed by atoms with Gasteiger partial charge in [0.25, 0.3) is 0 Å². The molecule has 5 unspecified atom stereocenters. The molecular formula is C41H68OSi3. The van der Waals surface area contributed by atoms with Crippen LogP contribution in [0.5, 0.6) is 0 Å². The Bertz CT molecular complexity index is 1270. The number of fused-ring (bicyclic) bond motifs is 3. The van der Waals surface area contributed by atoms with Gasteiger partial charge in [-0.1, -0.05) is 124 Å². The molecule has 1 nitrogen and oxygen atoms in total. The van der Waals surface area contributed by atoms with Crippen molar-refractivity contribution in [3.63, 3.8) is 0 Å². The highest BCUT2D eigenvalue weighted by Gasteiger charge is 2.55. The van der Waals surface area contributed by atoms with E-state index < -0.39 is 24.2 Å². The van der Waals surface area contributed by atoms with Crippen LogP contribution in [0.2, 0.25) is 69.5 Å². The predicted octanol–water partition coefficient (Wildman–Crippen LogP) is 12.8. The van der Waals surface area contributed by atoms with Crippen molar-refractivity contribution in [1.29, 1.82) is 0 Å². The molecule has 5 atom stereocenters. The van der Waals surface area contributed by atoms with Crippen molar-refractivity contribution >= 4 is 24.2 Å². The summed E-state index contributed by atoms with van der Waals surface area (Å²) in [6.45, 7) is 25.9. The van der Waals surface area contributed by atoms with Gasteiger partial charge < -0.3 is 4.74 Å². The third kappa shape index (κ3) is 8.56. The van der Waals surface area contributed by atoms with E-state index in [4.69, 9.17) is 4.74 Å². The number of allylic oxidation sites excluding steroid dienone is 12. The summed E-state index contributed by atoms with van der Waals surface area (Å²) in [5.41, 5.74) is 9.55. The fourth-order valence-corrected chi connectivity index (χ4v) is 18.7. The number of ether oxygens (including phenoxy) is 1. The van der Waals surface area contributed by atoms with Crippen LogP contribution < -0.4 is 0 Å². The minimum Gasteiger partial charge on any atom is -0.376 e. The molecule has 0 heterocycles. The Hall–Kier alpha value is -0.949. The molecule has 0 radical (unpaired) electrons. The summed E-state index contributed by atoms with van der Waals surface area (Å²) in [5, 5.41) is 1.87. The Labute approximate surface area is 281 Å². The zero-order chi connectivity index (χ0) is 32.6. The second-order valence-electron chi connectivity index (χ2n) is 19.1. The molecule has 0 bridgehead atoms. The van der Waals surface area contributed by atoms with Crippen LogP contribution in [0.4, 0.5) is 0 Å². The standard InChI is InChI=1S/C41H68OSi3/c1-41(2,3)42-25-17-11-12-18-26-45(10,38-27-32(29-43(4,5)6)34-20-15-16-22-37(34)38)39-28-33(30-44(7,8)9)36-24-23-31-19-13-14-21-35(31)40(36)39/h15,20,22-24,27,33,36,39-40H,11-14,16-19,21,25-26,28-30H2,1-10H3. The lowest BCUT2D eigenvalue weighted by Crippen LogP contribution is -2.43. The summed E-state index contributed by atoms with van der Waals surface area (Å²) < 4.78 is 6.09. The SMILES string of the molecule is CC(C)(C)OCCCCCC[Si](C)(C1=CC(C[Si](C)(C)C)=C2C=CCC=C12)C1CC(C[Si](C)(C)C)C2C=CC3=C(CCCC3)C21. The lowest BCUT2D eigenvalue weighted by molar-refractivity contribution is -0.00471. The number of rotatable bonds is 13. The van der Waals surface area contributed by atoms with E-state index in [0.29, 0.717) is 0 Å². The number of hydrogen-bond acceptors (Lipinski definition) is 1. The van der Waals surface area contributed by atoms with Crippen molar-refractivity contribution < 1.29 is 4.74 Å². The number of unbranched alkanes of at least 4 members (excludes halogenated alkanes) is 3. The van der Waals surface area contributed by atoms with E-state index in [1.165, 1.54) is 75.9 Å². The van der Waals surface area contributed by atoms with E-state index in [0.717, 1.165) is 36.3 Å². The van der Waals surface area contributed by atoms with Gasteiger partial charge in [-0.25, -0.2) is 0 Å². The fraction of sp³-hybridized carbons (Fsp3) is 0.707. The van der Waals surface area contributed by atoms with Crippen molar-refractivity contribution in [2.45, 2.75) is 160 Å². The monoisotopic (exact) mass is 660 g/mol. The molecule has 0 spiro atoms.